The van der Waals surface area contributed by atoms with E-state index in [9.17, 15) is 9.59 Å². The highest BCUT2D eigenvalue weighted by Crippen LogP contribution is 2.32. The summed E-state index contributed by atoms with van der Waals surface area (Å²) in [6, 6.07) is 3.96. The smallest absolute Gasteiger partial charge is 0.316 e. The minimum absolute atomic E-state index is 0.0889. The van der Waals surface area contributed by atoms with Gasteiger partial charge < -0.3 is 9.64 Å². The number of likely N-dealkylation sites (tertiary alicyclic amines) is 1. The van der Waals surface area contributed by atoms with Crippen molar-refractivity contribution in [1.29, 1.82) is 0 Å². The minimum atomic E-state index is -0.327. The lowest BCUT2D eigenvalue weighted by molar-refractivity contribution is -0.139. The zero-order valence-corrected chi connectivity index (χ0v) is 13.5. The molecule has 2 aliphatic rings. The number of nitrogens with zero attached hydrogens (tertiary/aromatic N) is 1. The molecular weight excluding hydrogens is 278 g/mol. The molecule has 1 aliphatic heterocycles. The normalized spacial score (nSPS) is 21.3. The van der Waals surface area contributed by atoms with Crippen LogP contribution in [0.1, 0.15) is 36.0 Å². The highest BCUT2D eigenvalue weighted by atomic mass is 16.5. The summed E-state index contributed by atoms with van der Waals surface area (Å²) < 4.78 is 5.59. The van der Waals surface area contributed by atoms with Crippen molar-refractivity contribution in [2.75, 3.05) is 13.1 Å². The second-order valence-corrected chi connectivity index (χ2v) is 6.77. The SMILES string of the molecule is Cc1cc(C)c(C)c(OC(=O)C2CC(=O)N(CC3CC3)C2)c1. The van der Waals surface area contributed by atoms with Gasteiger partial charge in [-0.2, -0.15) is 0 Å². The van der Waals surface area contributed by atoms with Gasteiger partial charge in [-0.3, -0.25) is 9.59 Å². The van der Waals surface area contributed by atoms with Crippen molar-refractivity contribution in [3.05, 3.63) is 28.8 Å². The Morgan fingerprint density at radius 2 is 2.00 bits per heavy atom. The van der Waals surface area contributed by atoms with Crippen molar-refractivity contribution >= 4 is 11.9 Å². The van der Waals surface area contributed by atoms with Crippen molar-refractivity contribution in [3.8, 4) is 5.75 Å². The predicted octanol–water partition coefficient (Wildman–Crippen LogP) is 2.78. The van der Waals surface area contributed by atoms with Crippen LogP contribution in [-0.4, -0.2) is 29.9 Å². The number of hydrogen-bond donors (Lipinski definition) is 0. The van der Waals surface area contributed by atoms with Crippen molar-refractivity contribution in [3.63, 3.8) is 0 Å². The predicted molar refractivity (Wildman–Crippen MR) is 83.7 cm³/mol. The average Bonchev–Trinajstić information content (AvgIpc) is 3.19. The second kappa shape index (κ2) is 5.75. The highest BCUT2D eigenvalue weighted by Gasteiger charge is 2.38. The van der Waals surface area contributed by atoms with Crippen LogP contribution < -0.4 is 4.74 Å². The summed E-state index contributed by atoms with van der Waals surface area (Å²) in [7, 11) is 0. The number of esters is 1. The maximum atomic E-state index is 12.4. The monoisotopic (exact) mass is 301 g/mol. The van der Waals surface area contributed by atoms with Gasteiger partial charge in [0, 0.05) is 19.5 Å². The molecule has 3 rings (SSSR count). The molecule has 1 atom stereocenters. The average molecular weight is 301 g/mol. The third-order valence-electron chi connectivity index (χ3n) is 4.70. The van der Waals surface area contributed by atoms with Gasteiger partial charge in [-0.1, -0.05) is 6.07 Å². The topological polar surface area (TPSA) is 46.6 Å². The lowest BCUT2D eigenvalue weighted by atomic mass is 10.1. The Bertz CT molecular complexity index is 619. The van der Waals surface area contributed by atoms with E-state index in [0.29, 0.717) is 18.2 Å². The maximum absolute atomic E-state index is 12.4. The Morgan fingerprint density at radius 3 is 2.68 bits per heavy atom. The minimum Gasteiger partial charge on any atom is -0.426 e. The highest BCUT2D eigenvalue weighted by molar-refractivity contribution is 5.87. The van der Waals surface area contributed by atoms with E-state index < -0.39 is 0 Å². The first-order valence-corrected chi connectivity index (χ1v) is 8.01. The lowest BCUT2D eigenvalue weighted by Gasteiger charge is -2.16. The largest absolute Gasteiger partial charge is 0.426 e. The first kappa shape index (κ1) is 15.1. The fraction of sp³-hybridized carbons (Fsp3) is 0.556. The van der Waals surface area contributed by atoms with E-state index in [0.717, 1.165) is 23.2 Å². The third kappa shape index (κ3) is 3.16. The van der Waals surface area contributed by atoms with E-state index in [2.05, 4.69) is 6.07 Å². The fourth-order valence-corrected chi connectivity index (χ4v) is 3.02. The quantitative estimate of drug-likeness (QED) is 0.634. The zero-order chi connectivity index (χ0) is 15.9. The molecule has 22 heavy (non-hydrogen) atoms. The third-order valence-corrected chi connectivity index (χ3v) is 4.70. The van der Waals surface area contributed by atoms with Gasteiger partial charge in [-0.05, 0) is 62.3 Å². The van der Waals surface area contributed by atoms with Crippen LogP contribution in [0.4, 0.5) is 0 Å². The molecule has 1 saturated carbocycles. The molecule has 4 heteroatoms. The lowest BCUT2D eigenvalue weighted by Crippen LogP contribution is -2.29. The molecule has 1 unspecified atom stereocenters. The molecule has 118 valence electrons. The number of rotatable bonds is 4. The molecule has 0 aromatic heterocycles. The standard InChI is InChI=1S/C18H23NO3/c1-11-6-12(2)13(3)16(7-11)22-18(21)15-8-17(20)19(10-15)9-14-4-5-14/h6-7,14-15H,4-5,8-10H2,1-3H3. The van der Waals surface area contributed by atoms with Crippen LogP contribution in [0.2, 0.25) is 0 Å². The molecule has 1 aliphatic carbocycles. The summed E-state index contributed by atoms with van der Waals surface area (Å²) in [6.45, 7) is 7.27. The molecule has 1 saturated heterocycles. The van der Waals surface area contributed by atoms with Gasteiger partial charge in [0.05, 0.1) is 5.92 Å². The van der Waals surface area contributed by atoms with Crippen LogP contribution in [0, 0.1) is 32.6 Å². The van der Waals surface area contributed by atoms with Gasteiger partial charge in [0.1, 0.15) is 5.75 Å². The van der Waals surface area contributed by atoms with Gasteiger partial charge in [-0.25, -0.2) is 0 Å². The molecular formula is C18H23NO3. The van der Waals surface area contributed by atoms with E-state index in [4.69, 9.17) is 4.74 Å². The summed E-state index contributed by atoms with van der Waals surface area (Å²) in [5.74, 6) is 0.758. The summed E-state index contributed by atoms with van der Waals surface area (Å²) in [4.78, 5) is 26.2. The number of amides is 1. The van der Waals surface area contributed by atoms with Crippen LogP contribution in [0.25, 0.3) is 0 Å². The number of hydrogen-bond acceptors (Lipinski definition) is 3. The molecule has 0 N–H and O–H groups in total. The van der Waals surface area contributed by atoms with Crippen molar-refractivity contribution in [1.82, 2.24) is 4.90 Å². The maximum Gasteiger partial charge on any atom is 0.316 e. The van der Waals surface area contributed by atoms with Gasteiger partial charge in [0.15, 0.2) is 0 Å². The first-order chi connectivity index (χ1) is 10.4. The molecule has 0 spiro atoms. The van der Waals surface area contributed by atoms with Crippen molar-refractivity contribution < 1.29 is 14.3 Å². The van der Waals surface area contributed by atoms with E-state index in [1.807, 2.05) is 31.7 Å². The first-order valence-electron chi connectivity index (χ1n) is 8.01. The van der Waals surface area contributed by atoms with Crippen LogP contribution in [0.5, 0.6) is 5.75 Å². The van der Waals surface area contributed by atoms with E-state index >= 15 is 0 Å². The van der Waals surface area contributed by atoms with Gasteiger partial charge in [0.25, 0.3) is 0 Å². The number of benzene rings is 1. The fourth-order valence-electron chi connectivity index (χ4n) is 3.02. The second-order valence-electron chi connectivity index (χ2n) is 6.77. The molecule has 0 radical (unpaired) electrons. The molecule has 2 fully saturated rings. The molecule has 4 nitrogen and oxygen atoms in total. The van der Waals surface area contributed by atoms with Crippen LogP contribution >= 0.6 is 0 Å². The summed E-state index contributed by atoms with van der Waals surface area (Å²) in [6.07, 6.45) is 2.71. The Balaban J connectivity index is 1.66. The summed E-state index contributed by atoms with van der Waals surface area (Å²) >= 11 is 0. The number of ether oxygens (including phenoxy) is 1. The Hall–Kier alpha value is -1.84. The molecule has 1 amide bonds. The number of carbonyl (C=O) groups is 2. The van der Waals surface area contributed by atoms with Crippen molar-refractivity contribution in [2.24, 2.45) is 11.8 Å². The van der Waals surface area contributed by atoms with Gasteiger partial charge in [0.2, 0.25) is 5.91 Å². The molecule has 1 aromatic carbocycles. The number of aryl methyl sites for hydroxylation is 2. The van der Waals surface area contributed by atoms with Crippen molar-refractivity contribution in [2.45, 2.75) is 40.0 Å². The molecule has 1 heterocycles. The Morgan fingerprint density at radius 1 is 1.27 bits per heavy atom. The van der Waals surface area contributed by atoms with Crippen LogP contribution in [-0.2, 0) is 9.59 Å². The molecule has 0 bridgehead atoms. The zero-order valence-electron chi connectivity index (χ0n) is 13.5. The van der Waals surface area contributed by atoms with Crippen LogP contribution in [0.15, 0.2) is 12.1 Å². The van der Waals surface area contributed by atoms with E-state index in [1.165, 1.54) is 12.8 Å². The van der Waals surface area contributed by atoms with E-state index in [-0.39, 0.29) is 24.2 Å². The molecule has 1 aromatic rings. The van der Waals surface area contributed by atoms with Gasteiger partial charge >= 0.3 is 5.97 Å². The number of carbonyl (C=O) groups excluding carboxylic acids is 2. The van der Waals surface area contributed by atoms with Crippen LogP contribution in [0.3, 0.4) is 0 Å². The summed E-state index contributed by atoms with van der Waals surface area (Å²) in [5, 5.41) is 0. The van der Waals surface area contributed by atoms with E-state index in [1.54, 1.807) is 0 Å². The summed E-state index contributed by atoms with van der Waals surface area (Å²) in [5.41, 5.74) is 3.17. The Kier molecular flexibility index (Phi) is 3.94. The van der Waals surface area contributed by atoms with Gasteiger partial charge in [-0.15, -0.1) is 0 Å². The Labute approximate surface area is 131 Å².